The van der Waals surface area contributed by atoms with Gasteiger partial charge in [0.05, 0.1) is 18.2 Å². The number of hydrogen-bond acceptors (Lipinski definition) is 13. The van der Waals surface area contributed by atoms with Gasteiger partial charge in [-0.15, -0.1) is 0 Å². The van der Waals surface area contributed by atoms with Crippen LogP contribution in [0.2, 0.25) is 0 Å². The summed E-state index contributed by atoms with van der Waals surface area (Å²) in [6.07, 6.45) is -6.68. The molecular weight excluding hydrogens is 953 g/mol. The highest BCUT2D eigenvalue weighted by molar-refractivity contribution is 5.96. The second-order valence-corrected chi connectivity index (χ2v) is 17.3. The summed E-state index contributed by atoms with van der Waals surface area (Å²) in [6.45, 7) is 0.842. The van der Waals surface area contributed by atoms with Crippen LogP contribution in [-0.4, -0.2) is 49.3 Å². The molecule has 0 saturated carbocycles. The van der Waals surface area contributed by atoms with E-state index in [4.69, 9.17) is 42.6 Å². The molecule has 0 bridgehead atoms. The third-order valence-electron chi connectivity index (χ3n) is 12.1. The van der Waals surface area contributed by atoms with E-state index in [-0.39, 0.29) is 44.0 Å². The molecule has 0 aromatic heterocycles. The molecule has 1 aliphatic rings. The van der Waals surface area contributed by atoms with Crippen LogP contribution in [0, 0.1) is 0 Å². The Hall–Kier alpha value is -9.36. The smallest absolute Gasteiger partial charge is 0.352 e. The van der Waals surface area contributed by atoms with Gasteiger partial charge >= 0.3 is 23.9 Å². The molecule has 0 saturated heterocycles. The number of esters is 4. The highest BCUT2D eigenvalue weighted by Crippen LogP contribution is 2.45. The van der Waals surface area contributed by atoms with Crippen LogP contribution >= 0.6 is 0 Å². The summed E-state index contributed by atoms with van der Waals surface area (Å²) >= 11 is 0. The van der Waals surface area contributed by atoms with E-state index in [0.717, 1.165) is 29.4 Å². The van der Waals surface area contributed by atoms with Gasteiger partial charge in [-0.2, -0.15) is 0 Å². The van der Waals surface area contributed by atoms with Gasteiger partial charge in [-0.3, -0.25) is 0 Å². The highest BCUT2D eigenvalue weighted by Gasteiger charge is 2.46. The lowest BCUT2D eigenvalue weighted by Crippen LogP contribution is -2.49. The van der Waals surface area contributed by atoms with Crippen molar-refractivity contribution in [3.8, 4) is 28.7 Å². The first-order valence-corrected chi connectivity index (χ1v) is 24.2. The fourth-order valence-electron chi connectivity index (χ4n) is 8.22. The van der Waals surface area contributed by atoms with Crippen molar-refractivity contribution in [2.75, 3.05) is 7.11 Å². The molecule has 378 valence electrons. The van der Waals surface area contributed by atoms with Gasteiger partial charge in [-0.25, -0.2) is 19.2 Å². The van der Waals surface area contributed by atoms with Crippen molar-refractivity contribution in [2.24, 2.45) is 0 Å². The summed E-state index contributed by atoms with van der Waals surface area (Å²) in [6, 6.07) is 63.1. The zero-order chi connectivity index (χ0) is 51.8. The second-order valence-electron chi connectivity index (χ2n) is 17.3. The van der Waals surface area contributed by atoms with Gasteiger partial charge in [0.2, 0.25) is 12.2 Å². The molecule has 9 rings (SSSR count). The van der Waals surface area contributed by atoms with Crippen molar-refractivity contribution in [2.45, 2.75) is 57.3 Å². The number of carbonyl (C=O) groups excluding carboxylic acids is 4. The Kier molecular flexibility index (Phi) is 16.8. The summed E-state index contributed by atoms with van der Waals surface area (Å²) < 4.78 is 55.8. The van der Waals surface area contributed by atoms with E-state index in [2.05, 4.69) is 0 Å². The molecule has 8 aromatic rings. The molecule has 0 fully saturated rings. The number of benzene rings is 8. The fraction of sp³-hybridized carbons (Fsp3) is 0.161. The number of fused-ring (bicyclic) bond motifs is 1. The third-order valence-corrected chi connectivity index (χ3v) is 12.1. The minimum Gasteiger partial charge on any atom is -0.489 e. The number of hydrogen-bond donors (Lipinski definition) is 0. The quantitative estimate of drug-likeness (QED) is 0.0496. The normalized spacial score (nSPS) is 14.3. The summed E-state index contributed by atoms with van der Waals surface area (Å²) in [5.41, 5.74) is 4.79. The lowest BCUT2D eigenvalue weighted by Gasteiger charge is -2.35. The van der Waals surface area contributed by atoms with Crippen LogP contribution in [0.25, 0.3) is 0 Å². The van der Waals surface area contributed by atoms with E-state index in [1.807, 2.05) is 121 Å². The number of ether oxygens (including phenoxy) is 9. The summed E-state index contributed by atoms with van der Waals surface area (Å²) in [4.78, 5) is 56.2. The molecule has 4 atom stereocenters. The Morgan fingerprint density at radius 1 is 0.467 bits per heavy atom. The van der Waals surface area contributed by atoms with Crippen molar-refractivity contribution in [3.05, 3.63) is 257 Å². The first-order chi connectivity index (χ1) is 36.8. The van der Waals surface area contributed by atoms with Crippen molar-refractivity contribution >= 4 is 23.9 Å². The predicted molar refractivity (Wildman–Crippen MR) is 276 cm³/mol. The maximum Gasteiger partial charge on any atom is 0.352 e. The molecule has 0 unspecified atom stereocenters. The zero-order valence-corrected chi connectivity index (χ0v) is 40.9. The molecule has 1 heterocycles. The van der Waals surface area contributed by atoms with Crippen LogP contribution in [0.15, 0.2) is 212 Å². The molecule has 75 heavy (non-hydrogen) atoms. The largest absolute Gasteiger partial charge is 0.489 e. The van der Waals surface area contributed by atoms with Crippen LogP contribution in [0.3, 0.4) is 0 Å². The Morgan fingerprint density at radius 3 is 1.37 bits per heavy atom. The van der Waals surface area contributed by atoms with Crippen LogP contribution in [0.5, 0.6) is 28.7 Å². The third kappa shape index (κ3) is 13.4. The summed E-state index contributed by atoms with van der Waals surface area (Å²) in [5, 5.41) is 0. The summed E-state index contributed by atoms with van der Waals surface area (Å²) in [7, 11) is 1.05. The van der Waals surface area contributed by atoms with E-state index in [0.29, 0.717) is 39.9 Å². The minimum absolute atomic E-state index is 0.0344. The fourth-order valence-corrected chi connectivity index (χ4v) is 8.22. The zero-order valence-electron chi connectivity index (χ0n) is 40.9. The van der Waals surface area contributed by atoms with Crippen LogP contribution in [0.1, 0.15) is 60.2 Å². The SMILES string of the molecule is COC(=O)[C@H](OC(=O)c1ccccc1)[C@@H](OC(=O)c1ccccc1)C(=O)O[C@H]1Cc2c(OCc3ccccc3)cc(OCc3ccccc3)cc2O[C@@H]1c1ccc(OCc2ccccc2)c(OCc2ccccc2)c1. The van der Waals surface area contributed by atoms with Crippen LogP contribution in [0.4, 0.5) is 0 Å². The Bertz CT molecular complexity index is 3160. The lowest BCUT2D eigenvalue weighted by molar-refractivity contribution is -0.179. The molecule has 13 nitrogen and oxygen atoms in total. The van der Waals surface area contributed by atoms with Crippen molar-refractivity contribution < 1.29 is 61.8 Å². The first-order valence-electron chi connectivity index (χ1n) is 24.2. The Balaban J connectivity index is 1.12. The first kappa shape index (κ1) is 50.6. The van der Waals surface area contributed by atoms with Crippen molar-refractivity contribution in [3.63, 3.8) is 0 Å². The van der Waals surface area contributed by atoms with Gasteiger partial charge < -0.3 is 42.6 Å². The highest BCUT2D eigenvalue weighted by atomic mass is 16.6. The van der Waals surface area contributed by atoms with Crippen LogP contribution in [-0.2, 0) is 61.4 Å². The maximum absolute atomic E-state index is 15.1. The molecule has 1 aliphatic heterocycles. The molecule has 0 amide bonds. The van der Waals surface area contributed by atoms with Crippen molar-refractivity contribution in [1.29, 1.82) is 0 Å². The average molecular weight is 1010 g/mol. The maximum atomic E-state index is 15.1. The van der Waals surface area contributed by atoms with E-state index in [9.17, 15) is 14.4 Å². The van der Waals surface area contributed by atoms with E-state index < -0.39 is 48.3 Å². The second kappa shape index (κ2) is 24.9. The van der Waals surface area contributed by atoms with E-state index in [1.54, 1.807) is 66.7 Å². The molecular formula is C62H52O13. The molecule has 0 spiro atoms. The predicted octanol–water partition coefficient (Wildman–Crippen LogP) is 11.2. The Morgan fingerprint density at radius 2 is 0.893 bits per heavy atom. The molecule has 8 aromatic carbocycles. The average Bonchev–Trinajstić information content (AvgIpc) is 3.47. The molecule has 13 heteroatoms. The number of carbonyl (C=O) groups is 4. The molecule has 0 aliphatic carbocycles. The van der Waals surface area contributed by atoms with Gasteiger partial charge in [0, 0.05) is 29.7 Å². The topological polar surface area (TPSA) is 151 Å². The van der Waals surface area contributed by atoms with Gasteiger partial charge in [0.25, 0.3) is 0 Å². The lowest BCUT2D eigenvalue weighted by atomic mass is 9.93. The van der Waals surface area contributed by atoms with E-state index in [1.165, 1.54) is 24.3 Å². The number of rotatable bonds is 21. The monoisotopic (exact) mass is 1000 g/mol. The number of methoxy groups -OCH3 is 1. The van der Waals surface area contributed by atoms with Gasteiger partial charge in [-0.05, 0) is 58.7 Å². The van der Waals surface area contributed by atoms with Gasteiger partial charge in [0.15, 0.2) is 17.6 Å². The standard InChI is InChI=1S/C62H52O13/c1-67-61(65)57(74-59(63)46-28-16-6-17-29-46)58(75-60(64)47-30-18-7-19-31-47)62(66)73-55-37-50-52(70-40-44-24-12-4-13-25-44)35-49(68-38-42-20-8-2-9-21-42)36-53(50)72-56(55)48-32-33-51(69-39-43-22-10-3-11-23-43)54(34-48)71-41-45-26-14-5-15-27-45/h2-36,55-58H,37-41H2,1H3/t55-,56+,57+,58+/m0/s1. The van der Waals surface area contributed by atoms with E-state index >= 15 is 4.79 Å². The minimum atomic E-state index is -2.18. The molecule has 0 radical (unpaired) electrons. The van der Waals surface area contributed by atoms with Gasteiger partial charge in [-0.1, -0.05) is 164 Å². The summed E-state index contributed by atoms with van der Waals surface area (Å²) in [5.74, 6) is -2.42. The van der Waals surface area contributed by atoms with Crippen molar-refractivity contribution in [1.82, 2.24) is 0 Å². The van der Waals surface area contributed by atoms with Gasteiger partial charge in [0.1, 0.15) is 49.8 Å². The Labute approximate surface area is 434 Å². The van der Waals surface area contributed by atoms with Crippen LogP contribution < -0.4 is 23.7 Å². The molecule has 0 N–H and O–H groups in total.